The molecule has 4 saturated carbocycles. The Morgan fingerprint density at radius 3 is 2.25 bits per heavy atom. The van der Waals surface area contributed by atoms with Gasteiger partial charge in [-0.3, -0.25) is 14.5 Å². The minimum absolute atomic E-state index is 0.00192. The van der Waals surface area contributed by atoms with E-state index in [9.17, 15) is 9.59 Å². The van der Waals surface area contributed by atoms with Crippen LogP contribution in [0.15, 0.2) is 30.3 Å². The topological polar surface area (TPSA) is 70.7 Å². The van der Waals surface area contributed by atoms with Gasteiger partial charge in [0.1, 0.15) is 0 Å². The molecule has 1 aliphatic heterocycles. The second-order valence-corrected chi connectivity index (χ2v) is 10.6. The third-order valence-electron chi connectivity index (χ3n) is 8.24. The first-order valence-electron chi connectivity index (χ1n) is 12.5. The molecule has 1 heterocycles. The lowest BCUT2D eigenvalue weighted by atomic mass is 9.49. The summed E-state index contributed by atoms with van der Waals surface area (Å²) in [6.45, 7) is 4.46. The number of ether oxygens (including phenoxy) is 1. The van der Waals surface area contributed by atoms with Crippen molar-refractivity contribution in [3.63, 3.8) is 0 Å². The van der Waals surface area contributed by atoms with E-state index in [0.717, 1.165) is 75.4 Å². The summed E-state index contributed by atoms with van der Waals surface area (Å²) in [5.74, 6) is 2.46. The van der Waals surface area contributed by atoms with Gasteiger partial charge in [-0.1, -0.05) is 30.3 Å². The molecule has 32 heavy (non-hydrogen) atoms. The largest absolute Gasteiger partial charge is 0.379 e. The van der Waals surface area contributed by atoms with E-state index in [2.05, 4.69) is 27.7 Å². The molecular formula is C26H37N3O3. The van der Waals surface area contributed by atoms with E-state index in [1.54, 1.807) is 0 Å². The Labute approximate surface area is 191 Å². The zero-order valence-corrected chi connectivity index (χ0v) is 19.1. The molecule has 2 amide bonds. The van der Waals surface area contributed by atoms with Crippen LogP contribution in [-0.2, 0) is 14.3 Å². The van der Waals surface area contributed by atoms with Crippen LogP contribution in [0.2, 0.25) is 0 Å². The van der Waals surface area contributed by atoms with Gasteiger partial charge in [-0.25, -0.2) is 0 Å². The van der Waals surface area contributed by atoms with E-state index in [-0.39, 0.29) is 23.3 Å². The summed E-state index contributed by atoms with van der Waals surface area (Å²) in [5.41, 5.74) is 0.971. The summed E-state index contributed by atoms with van der Waals surface area (Å²) < 4.78 is 5.46. The minimum Gasteiger partial charge on any atom is -0.379 e. The smallest absolute Gasteiger partial charge is 0.226 e. The van der Waals surface area contributed by atoms with Gasteiger partial charge in [-0.15, -0.1) is 0 Å². The van der Waals surface area contributed by atoms with Crippen molar-refractivity contribution in [1.82, 2.24) is 15.5 Å². The zero-order valence-electron chi connectivity index (χ0n) is 19.1. The summed E-state index contributed by atoms with van der Waals surface area (Å²) >= 11 is 0. The maximum atomic E-state index is 13.1. The lowest BCUT2D eigenvalue weighted by Crippen LogP contribution is -2.53. The highest BCUT2D eigenvalue weighted by molar-refractivity contribution is 5.84. The minimum atomic E-state index is -0.145. The Hall–Kier alpha value is -1.92. The molecule has 1 aromatic rings. The highest BCUT2D eigenvalue weighted by Gasteiger charge is 2.54. The number of hydrogen-bond donors (Lipinski definition) is 2. The number of nitrogens with zero attached hydrogens (tertiary/aromatic N) is 1. The molecule has 6 rings (SSSR count). The van der Waals surface area contributed by atoms with Gasteiger partial charge in [0.25, 0.3) is 0 Å². The zero-order chi connectivity index (χ0) is 22.0. The second kappa shape index (κ2) is 9.52. The van der Waals surface area contributed by atoms with Gasteiger partial charge in [0, 0.05) is 38.0 Å². The van der Waals surface area contributed by atoms with Crippen LogP contribution in [-0.4, -0.2) is 56.1 Å². The SMILES string of the molecule is O=C(CCNC(=O)C12CC3CC(CC(C3)C1)C2)NC(CN1CCOCC1)c1ccccc1. The number of carbonyl (C=O) groups excluding carboxylic acids is 2. The predicted octanol–water partition coefficient (Wildman–Crippen LogP) is 2.90. The predicted molar refractivity (Wildman–Crippen MR) is 123 cm³/mol. The average Bonchev–Trinajstić information content (AvgIpc) is 2.79. The van der Waals surface area contributed by atoms with Crippen LogP contribution in [0.25, 0.3) is 0 Å². The average molecular weight is 440 g/mol. The van der Waals surface area contributed by atoms with Crippen molar-refractivity contribution in [3.05, 3.63) is 35.9 Å². The molecule has 0 radical (unpaired) electrons. The fraction of sp³-hybridized carbons (Fsp3) is 0.692. The fourth-order valence-corrected chi connectivity index (χ4v) is 7.09. The molecule has 4 bridgehead atoms. The molecule has 0 spiro atoms. The maximum Gasteiger partial charge on any atom is 0.226 e. The van der Waals surface area contributed by atoms with E-state index < -0.39 is 0 Å². The Balaban J connectivity index is 1.13. The molecule has 1 saturated heterocycles. The third-order valence-corrected chi connectivity index (χ3v) is 8.24. The van der Waals surface area contributed by atoms with E-state index >= 15 is 0 Å². The monoisotopic (exact) mass is 439 g/mol. The Morgan fingerprint density at radius 1 is 1.00 bits per heavy atom. The summed E-state index contributed by atoms with van der Waals surface area (Å²) in [5, 5.41) is 6.36. The number of carbonyl (C=O) groups is 2. The van der Waals surface area contributed by atoms with Gasteiger partial charge >= 0.3 is 0 Å². The first-order chi connectivity index (χ1) is 15.6. The molecule has 174 valence electrons. The fourth-order valence-electron chi connectivity index (χ4n) is 7.09. The van der Waals surface area contributed by atoms with Crippen molar-refractivity contribution in [2.24, 2.45) is 23.2 Å². The van der Waals surface area contributed by atoms with Crippen LogP contribution in [0.1, 0.15) is 56.6 Å². The lowest BCUT2D eigenvalue weighted by molar-refractivity contribution is -0.146. The molecule has 4 aliphatic carbocycles. The number of amides is 2. The molecule has 5 aliphatic rings. The lowest BCUT2D eigenvalue weighted by Gasteiger charge is -2.55. The van der Waals surface area contributed by atoms with E-state index in [4.69, 9.17) is 4.74 Å². The van der Waals surface area contributed by atoms with Gasteiger partial charge in [-0.05, 0) is 61.8 Å². The Morgan fingerprint density at radius 2 is 1.62 bits per heavy atom. The molecule has 2 N–H and O–H groups in total. The van der Waals surface area contributed by atoms with Crippen molar-refractivity contribution in [1.29, 1.82) is 0 Å². The van der Waals surface area contributed by atoms with Gasteiger partial charge in [-0.2, -0.15) is 0 Å². The van der Waals surface area contributed by atoms with Crippen molar-refractivity contribution < 1.29 is 14.3 Å². The summed E-state index contributed by atoms with van der Waals surface area (Å²) in [4.78, 5) is 28.3. The number of benzene rings is 1. The summed E-state index contributed by atoms with van der Waals surface area (Å²) in [6, 6.07) is 10.1. The van der Waals surface area contributed by atoms with E-state index in [1.807, 2.05) is 18.2 Å². The van der Waals surface area contributed by atoms with Crippen LogP contribution in [0.5, 0.6) is 0 Å². The molecule has 6 nitrogen and oxygen atoms in total. The highest BCUT2D eigenvalue weighted by atomic mass is 16.5. The van der Waals surface area contributed by atoms with Crippen molar-refractivity contribution >= 4 is 11.8 Å². The number of hydrogen-bond acceptors (Lipinski definition) is 4. The maximum absolute atomic E-state index is 13.1. The van der Waals surface area contributed by atoms with Crippen LogP contribution in [0.3, 0.4) is 0 Å². The molecule has 6 heteroatoms. The molecule has 5 fully saturated rings. The first-order valence-corrected chi connectivity index (χ1v) is 12.5. The van der Waals surface area contributed by atoms with Crippen molar-refractivity contribution in [3.8, 4) is 0 Å². The van der Waals surface area contributed by atoms with Crippen molar-refractivity contribution in [2.45, 2.75) is 51.0 Å². The quantitative estimate of drug-likeness (QED) is 0.654. The van der Waals surface area contributed by atoms with Crippen LogP contribution in [0, 0.1) is 23.2 Å². The van der Waals surface area contributed by atoms with Crippen LogP contribution < -0.4 is 10.6 Å². The number of nitrogens with one attached hydrogen (secondary N) is 2. The summed E-state index contributed by atoms with van der Waals surface area (Å²) in [6.07, 6.45) is 7.51. The standard InChI is InChI=1S/C26H37N3O3/c30-24(28-23(22-4-2-1-3-5-22)18-29-8-10-32-11-9-29)6-7-27-25(31)26-15-19-12-20(16-26)14-21(13-19)17-26/h1-5,19-21,23H,6-18H2,(H,27,31)(H,28,30). The van der Waals surface area contributed by atoms with Gasteiger partial charge in [0.2, 0.25) is 11.8 Å². The van der Waals surface area contributed by atoms with Gasteiger partial charge < -0.3 is 15.4 Å². The summed E-state index contributed by atoms with van der Waals surface area (Å²) in [7, 11) is 0. The molecule has 1 unspecified atom stereocenters. The molecule has 1 atom stereocenters. The van der Waals surface area contributed by atoms with Crippen molar-refractivity contribution in [2.75, 3.05) is 39.4 Å². The van der Waals surface area contributed by atoms with E-state index in [1.165, 1.54) is 19.3 Å². The van der Waals surface area contributed by atoms with Gasteiger partial charge in [0.15, 0.2) is 0 Å². The van der Waals surface area contributed by atoms with Crippen LogP contribution in [0.4, 0.5) is 0 Å². The van der Waals surface area contributed by atoms with Gasteiger partial charge in [0.05, 0.1) is 19.3 Å². The second-order valence-electron chi connectivity index (χ2n) is 10.6. The highest BCUT2D eigenvalue weighted by Crippen LogP contribution is 2.60. The molecule has 0 aromatic heterocycles. The first kappa shape index (κ1) is 21.9. The Kier molecular flexibility index (Phi) is 6.51. The number of rotatable bonds is 8. The normalized spacial score (nSPS) is 32.4. The molecule has 1 aromatic carbocycles. The van der Waals surface area contributed by atoms with E-state index in [0.29, 0.717) is 13.0 Å². The molecular weight excluding hydrogens is 402 g/mol. The number of morpholine rings is 1. The third kappa shape index (κ3) is 4.86. The Bertz CT molecular complexity index is 771. The van der Waals surface area contributed by atoms with Crippen LogP contribution >= 0.6 is 0 Å².